The second-order valence-corrected chi connectivity index (χ2v) is 6.46. The van der Waals surface area contributed by atoms with Gasteiger partial charge < -0.3 is 9.26 Å². The van der Waals surface area contributed by atoms with Crippen molar-refractivity contribution >= 4 is 16.0 Å². The van der Waals surface area contributed by atoms with Crippen molar-refractivity contribution in [3.05, 3.63) is 60.2 Å². The lowest BCUT2D eigenvalue weighted by atomic mass is 10.2. The highest BCUT2D eigenvalue weighted by molar-refractivity contribution is 7.89. The van der Waals surface area contributed by atoms with Crippen LogP contribution in [0.15, 0.2) is 58.2 Å². The summed E-state index contributed by atoms with van der Waals surface area (Å²) in [6.07, 6.45) is 3.20. The Morgan fingerprint density at radius 2 is 1.96 bits per heavy atom. The number of aromatic nitrogens is 3. The minimum atomic E-state index is -3.81. The average Bonchev–Trinajstić information content (AvgIpc) is 3.09. The van der Waals surface area contributed by atoms with Gasteiger partial charge in [-0.05, 0) is 36.4 Å². The van der Waals surface area contributed by atoms with Crippen molar-refractivity contribution in [2.45, 2.75) is 11.5 Å². The Morgan fingerprint density at radius 3 is 2.60 bits per heavy atom. The Balaban J connectivity index is 1.64. The zero-order valence-corrected chi connectivity index (χ0v) is 13.5. The van der Waals surface area contributed by atoms with Crippen LogP contribution >= 0.6 is 0 Å². The molecule has 0 fully saturated rings. The maximum atomic E-state index is 12.0. The van der Waals surface area contributed by atoms with E-state index < -0.39 is 16.0 Å². The second-order valence-electron chi connectivity index (χ2n) is 4.90. The van der Waals surface area contributed by atoms with Crippen LogP contribution in [-0.4, -0.2) is 29.5 Å². The summed E-state index contributed by atoms with van der Waals surface area (Å²) in [7, 11) is -3.81. The predicted molar refractivity (Wildman–Crippen MR) is 84.5 cm³/mol. The minimum Gasteiger partial charge on any atom is -0.452 e. The summed E-state index contributed by atoms with van der Waals surface area (Å²) in [5.41, 5.74) is 0.835. The van der Waals surface area contributed by atoms with Gasteiger partial charge in [0.2, 0.25) is 15.8 Å². The van der Waals surface area contributed by atoms with Gasteiger partial charge in [-0.15, -0.1) is 0 Å². The smallest absolute Gasteiger partial charge is 0.338 e. The van der Waals surface area contributed by atoms with Crippen molar-refractivity contribution < 1.29 is 22.5 Å². The van der Waals surface area contributed by atoms with E-state index in [1.165, 1.54) is 24.3 Å². The molecule has 2 heterocycles. The summed E-state index contributed by atoms with van der Waals surface area (Å²) in [5, 5.41) is 8.77. The van der Waals surface area contributed by atoms with Gasteiger partial charge in [0.25, 0.3) is 5.89 Å². The van der Waals surface area contributed by atoms with Gasteiger partial charge in [0.15, 0.2) is 6.61 Å². The zero-order valence-electron chi connectivity index (χ0n) is 12.7. The average molecular weight is 360 g/mol. The van der Waals surface area contributed by atoms with Crippen molar-refractivity contribution in [1.82, 2.24) is 15.1 Å². The fourth-order valence-electron chi connectivity index (χ4n) is 1.92. The molecule has 10 heteroatoms. The number of sulfonamides is 1. The van der Waals surface area contributed by atoms with Crippen LogP contribution in [0.2, 0.25) is 0 Å². The van der Waals surface area contributed by atoms with E-state index in [0.717, 1.165) is 0 Å². The largest absolute Gasteiger partial charge is 0.452 e. The maximum absolute atomic E-state index is 12.0. The van der Waals surface area contributed by atoms with Gasteiger partial charge in [0, 0.05) is 18.0 Å². The Labute approximate surface area is 142 Å². The van der Waals surface area contributed by atoms with E-state index >= 15 is 0 Å². The molecule has 0 aliphatic rings. The third kappa shape index (κ3) is 4.05. The first-order valence-corrected chi connectivity index (χ1v) is 8.51. The first-order chi connectivity index (χ1) is 11.9. The molecule has 2 N–H and O–H groups in total. The Bertz CT molecular complexity index is 984. The first-order valence-electron chi connectivity index (χ1n) is 6.96. The lowest BCUT2D eigenvalue weighted by molar-refractivity contribution is 0.0429. The lowest BCUT2D eigenvalue weighted by Crippen LogP contribution is -2.12. The number of hydrogen-bond acceptors (Lipinski definition) is 8. The molecular formula is C15H12N4O5S. The summed E-state index contributed by atoms with van der Waals surface area (Å²) in [6, 6.07) is 8.55. The Hall–Kier alpha value is -3.11. The number of pyridine rings is 1. The summed E-state index contributed by atoms with van der Waals surface area (Å²) in [4.78, 5) is 19.9. The molecule has 0 bridgehead atoms. The van der Waals surface area contributed by atoms with E-state index in [4.69, 9.17) is 14.4 Å². The summed E-state index contributed by atoms with van der Waals surface area (Å²) >= 11 is 0. The number of esters is 1. The highest BCUT2D eigenvalue weighted by atomic mass is 32.2. The molecule has 3 rings (SSSR count). The van der Waals surface area contributed by atoms with Crippen LogP contribution in [0.4, 0.5) is 0 Å². The van der Waals surface area contributed by atoms with Gasteiger partial charge in [-0.25, -0.2) is 18.4 Å². The molecule has 0 atom stereocenters. The third-order valence-corrected chi connectivity index (χ3v) is 4.06. The first kappa shape index (κ1) is 16.7. The molecule has 1 aromatic carbocycles. The molecule has 0 radical (unpaired) electrons. The molecule has 3 aromatic rings. The molecular weight excluding hydrogens is 348 g/mol. The normalized spacial score (nSPS) is 11.2. The molecule has 9 nitrogen and oxygen atoms in total. The molecule has 25 heavy (non-hydrogen) atoms. The lowest BCUT2D eigenvalue weighted by Gasteiger charge is -2.03. The van der Waals surface area contributed by atoms with Crippen LogP contribution in [0.1, 0.15) is 16.2 Å². The van der Waals surface area contributed by atoms with Gasteiger partial charge in [-0.1, -0.05) is 5.16 Å². The Morgan fingerprint density at radius 1 is 1.20 bits per heavy atom. The van der Waals surface area contributed by atoms with Gasteiger partial charge in [0.05, 0.1) is 10.5 Å². The van der Waals surface area contributed by atoms with Crippen LogP contribution in [0, 0.1) is 0 Å². The number of primary sulfonamides is 1. The fraction of sp³-hybridized carbons (Fsp3) is 0.0667. The number of nitrogens with two attached hydrogens (primary N) is 1. The van der Waals surface area contributed by atoms with Crippen LogP contribution < -0.4 is 5.14 Å². The highest BCUT2D eigenvalue weighted by Gasteiger charge is 2.14. The Kier molecular flexibility index (Phi) is 4.55. The van der Waals surface area contributed by atoms with Crippen molar-refractivity contribution in [2.24, 2.45) is 5.14 Å². The molecule has 0 amide bonds. The molecule has 128 valence electrons. The van der Waals surface area contributed by atoms with Gasteiger partial charge >= 0.3 is 5.97 Å². The molecule has 2 aromatic heterocycles. The van der Waals surface area contributed by atoms with Crippen molar-refractivity contribution in [1.29, 1.82) is 0 Å². The maximum Gasteiger partial charge on any atom is 0.338 e. The van der Waals surface area contributed by atoms with Crippen LogP contribution in [-0.2, 0) is 21.4 Å². The predicted octanol–water partition coefficient (Wildman–Crippen LogP) is 1.14. The monoisotopic (exact) mass is 360 g/mol. The minimum absolute atomic E-state index is 0.0953. The number of benzene rings is 1. The van der Waals surface area contributed by atoms with E-state index in [-0.39, 0.29) is 23.0 Å². The van der Waals surface area contributed by atoms with Crippen molar-refractivity contribution in [3.8, 4) is 11.4 Å². The number of nitrogens with zero attached hydrogens (tertiary/aromatic N) is 3. The van der Waals surface area contributed by atoms with Crippen LogP contribution in [0.25, 0.3) is 11.4 Å². The highest BCUT2D eigenvalue weighted by Crippen LogP contribution is 2.15. The number of ether oxygens (including phenoxy) is 1. The van der Waals surface area contributed by atoms with E-state index in [1.54, 1.807) is 24.5 Å². The van der Waals surface area contributed by atoms with Crippen LogP contribution in [0.3, 0.4) is 0 Å². The van der Waals surface area contributed by atoms with Crippen LogP contribution in [0.5, 0.6) is 0 Å². The number of hydrogen-bond donors (Lipinski definition) is 1. The molecule has 0 spiro atoms. The molecule has 0 unspecified atom stereocenters. The van der Waals surface area contributed by atoms with E-state index in [9.17, 15) is 13.2 Å². The van der Waals surface area contributed by atoms with E-state index in [0.29, 0.717) is 11.4 Å². The van der Waals surface area contributed by atoms with Crippen molar-refractivity contribution in [3.63, 3.8) is 0 Å². The summed E-state index contributed by atoms with van der Waals surface area (Å²) in [6.45, 7) is -0.219. The topological polar surface area (TPSA) is 138 Å². The van der Waals surface area contributed by atoms with E-state index in [1.807, 2.05) is 0 Å². The fourth-order valence-corrected chi connectivity index (χ4v) is 2.43. The molecule has 0 aliphatic heterocycles. The second kappa shape index (κ2) is 6.79. The summed E-state index contributed by atoms with van der Waals surface area (Å²) in [5.74, 6) is -0.216. The summed E-state index contributed by atoms with van der Waals surface area (Å²) < 4.78 is 32.4. The number of carbonyl (C=O) groups is 1. The SMILES string of the molecule is NS(=O)(=O)c1ccc(C(=O)OCc2nc(-c3cccnc3)no2)cc1. The molecule has 0 aliphatic carbocycles. The van der Waals surface area contributed by atoms with Gasteiger partial charge in [-0.3, -0.25) is 4.98 Å². The standard InChI is InChI=1S/C15H12N4O5S/c16-25(21,22)12-5-3-10(4-6-12)15(20)23-9-13-18-14(19-24-13)11-2-1-7-17-8-11/h1-8H,9H2,(H2,16,21,22). The third-order valence-electron chi connectivity index (χ3n) is 3.13. The van der Waals surface area contributed by atoms with Gasteiger partial charge in [-0.2, -0.15) is 4.98 Å². The van der Waals surface area contributed by atoms with E-state index in [2.05, 4.69) is 15.1 Å². The molecule has 0 saturated carbocycles. The number of carbonyl (C=O) groups excluding carboxylic acids is 1. The quantitative estimate of drug-likeness (QED) is 0.668. The van der Waals surface area contributed by atoms with Gasteiger partial charge in [0.1, 0.15) is 0 Å². The van der Waals surface area contributed by atoms with Crippen molar-refractivity contribution in [2.75, 3.05) is 0 Å². The molecule has 0 saturated heterocycles. The number of rotatable bonds is 5. The zero-order chi connectivity index (χ0) is 17.9.